The first kappa shape index (κ1) is 19.5. The summed E-state index contributed by atoms with van der Waals surface area (Å²) >= 11 is 7.11. The number of aromatic nitrogens is 2. The summed E-state index contributed by atoms with van der Waals surface area (Å²) in [7, 11) is 0. The van der Waals surface area contributed by atoms with Crippen LogP contribution < -0.4 is 5.32 Å². The van der Waals surface area contributed by atoms with Gasteiger partial charge in [0.2, 0.25) is 5.91 Å². The molecule has 0 fully saturated rings. The highest BCUT2D eigenvalue weighted by Crippen LogP contribution is 2.28. The molecule has 4 aromatic rings. The van der Waals surface area contributed by atoms with Gasteiger partial charge < -0.3 is 5.32 Å². The van der Waals surface area contributed by atoms with Crippen LogP contribution in [0.25, 0.3) is 16.7 Å². The Morgan fingerprint density at radius 3 is 2.66 bits per heavy atom. The van der Waals surface area contributed by atoms with E-state index in [9.17, 15) is 9.18 Å². The van der Waals surface area contributed by atoms with Gasteiger partial charge in [0, 0.05) is 11.4 Å². The summed E-state index contributed by atoms with van der Waals surface area (Å²) in [6.45, 7) is 2.04. The fraction of sp³-hybridized carbons (Fsp3) is 0.0909. The Bertz CT molecular complexity index is 1190. The van der Waals surface area contributed by atoms with Gasteiger partial charge >= 0.3 is 0 Å². The number of hydrogen-bond donors (Lipinski definition) is 1. The summed E-state index contributed by atoms with van der Waals surface area (Å²) in [5.41, 5.74) is 4.45. The van der Waals surface area contributed by atoms with Crippen LogP contribution in [0.15, 0.2) is 71.9 Å². The molecule has 0 aliphatic carbocycles. The SMILES string of the molecule is Cc1ccc(-n2c(SCC(=O)Nc3ccc(F)c(Cl)c3)nc3ccccc32)cc1. The topological polar surface area (TPSA) is 46.9 Å². The van der Waals surface area contributed by atoms with E-state index in [2.05, 4.69) is 5.32 Å². The number of imidazole rings is 1. The average Bonchev–Trinajstić information content (AvgIpc) is 3.08. The molecule has 1 N–H and O–H groups in total. The van der Waals surface area contributed by atoms with Crippen LogP contribution in [0.2, 0.25) is 5.02 Å². The van der Waals surface area contributed by atoms with Gasteiger partial charge in [-0.2, -0.15) is 0 Å². The Balaban J connectivity index is 1.57. The molecule has 1 aromatic heterocycles. The Labute approximate surface area is 176 Å². The lowest BCUT2D eigenvalue weighted by Gasteiger charge is -2.10. The number of hydrogen-bond acceptors (Lipinski definition) is 3. The number of aryl methyl sites for hydroxylation is 1. The second-order valence-electron chi connectivity index (χ2n) is 6.52. The number of thioether (sulfide) groups is 1. The van der Waals surface area contributed by atoms with Crippen LogP contribution in [0.5, 0.6) is 0 Å². The third kappa shape index (κ3) is 4.28. The molecular weight excluding hydrogens is 409 g/mol. The molecule has 0 spiro atoms. The molecule has 0 atom stereocenters. The summed E-state index contributed by atoms with van der Waals surface area (Å²) in [6, 6.07) is 20.1. The van der Waals surface area contributed by atoms with Crippen molar-refractivity contribution in [2.45, 2.75) is 12.1 Å². The molecule has 0 unspecified atom stereocenters. The third-order valence-electron chi connectivity index (χ3n) is 4.36. The Morgan fingerprint density at radius 1 is 1.14 bits per heavy atom. The third-order valence-corrected chi connectivity index (χ3v) is 5.59. The van der Waals surface area contributed by atoms with E-state index in [-0.39, 0.29) is 16.7 Å². The van der Waals surface area contributed by atoms with Crippen LogP contribution in [-0.2, 0) is 4.79 Å². The largest absolute Gasteiger partial charge is 0.325 e. The number of nitrogens with zero attached hydrogens (tertiary/aromatic N) is 2. The number of fused-ring (bicyclic) bond motifs is 1. The van der Waals surface area contributed by atoms with Crippen molar-refractivity contribution in [2.24, 2.45) is 0 Å². The van der Waals surface area contributed by atoms with Gasteiger partial charge in [-0.3, -0.25) is 9.36 Å². The lowest BCUT2D eigenvalue weighted by molar-refractivity contribution is -0.113. The molecule has 7 heteroatoms. The molecule has 0 radical (unpaired) electrons. The average molecular weight is 426 g/mol. The maximum atomic E-state index is 13.3. The zero-order valence-electron chi connectivity index (χ0n) is 15.5. The molecule has 29 heavy (non-hydrogen) atoms. The van der Waals surface area contributed by atoms with E-state index in [1.807, 2.05) is 60.0 Å². The van der Waals surface area contributed by atoms with E-state index < -0.39 is 5.82 Å². The van der Waals surface area contributed by atoms with E-state index in [0.29, 0.717) is 5.69 Å². The zero-order valence-corrected chi connectivity index (χ0v) is 17.1. The molecular formula is C22H17ClFN3OS. The smallest absolute Gasteiger partial charge is 0.234 e. The number of rotatable bonds is 5. The molecule has 0 aliphatic heterocycles. The van der Waals surface area contributed by atoms with Gasteiger partial charge in [0.05, 0.1) is 21.8 Å². The fourth-order valence-electron chi connectivity index (χ4n) is 2.95. The van der Waals surface area contributed by atoms with Crippen LogP contribution in [0.4, 0.5) is 10.1 Å². The van der Waals surface area contributed by atoms with Gasteiger partial charge in [0.15, 0.2) is 5.16 Å². The molecule has 0 aliphatic rings. The van der Waals surface area contributed by atoms with Gasteiger partial charge in [0.25, 0.3) is 0 Å². The van der Waals surface area contributed by atoms with Crippen LogP contribution >= 0.6 is 23.4 Å². The van der Waals surface area contributed by atoms with E-state index in [4.69, 9.17) is 16.6 Å². The zero-order chi connectivity index (χ0) is 20.4. The van der Waals surface area contributed by atoms with E-state index in [1.54, 1.807) is 0 Å². The second kappa shape index (κ2) is 8.27. The standard InChI is InChI=1S/C22H17ClFN3OS/c1-14-6-9-16(10-7-14)27-20-5-3-2-4-19(20)26-22(27)29-13-21(28)25-15-8-11-18(24)17(23)12-15/h2-12H,13H2,1H3,(H,25,28). The summed E-state index contributed by atoms with van der Waals surface area (Å²) in [6.07, 6.45) is 0. The van der Waals surface area contributed by atoms with Crippen molar-refractivity contribution in [3.63, 3.8) is 0 Å². The van der Waals surface area contributed by atoms with Gasteiger partial charge in [-0.25, -0.2) is 9.37 Å². The van der Waals surface area contributed by atoms with Gasteiger partial charge in [-0.1, -0.05) is 53.2 Å². The van der Waals surface area contributed by atoms with E-state index in [0.717, 1.165) is 21.9 Å². The number of para-hydroxylation sites is 2. The minimum atomic E-state index is -0.522. The first-order valence-corrected chi connectivity index (χ1v) is 10.3. The molecule has 0 saturated heterocycles. The summed E-state index contributed by atoms with van der Waals surface area (Å²) < 4.78 is 15.3. The Morgan fingerprint density at radius 2 is 1.90 bits per heavy atom. The van der Waals surface area contributed by atoms with Gasteiger partial charge in [-0.05, 0) is 49.4 Å². The summed E-state index contributed by atoms with van der Waals surface area (Å²) in [5, 5.41) is 3.43. The summed E-state index contributed by atoms with van der Waals surface area (Å²) in [4.78, 5) is 17.1. The molecule has 1 heterocycles. The van der Waals surface area contributed by atoms with Crippen LogP contribution in [0.1, 0.15) is 5.56 Å². The maximum Gasteiger partial charge on any atom is 0.234 e. The minimum absolute atomic E-state index is 0.0309. The van der Waals surface area contributed by atoms with Crippen molar-refractivity contribution in [1.29, 1.82) is 0 Å². The van der Waals surface area contributed by atoms with Crippen molar-refractivity contribution >= 4 is 46.0 Å². The predicted octanol–water partition coefficient (Wildman–Crippen LogP) is 5.86. The number of nitrogens with one attached hydrogen (secondary N) is 1. The first-order chi connectivity index (χ1) is 14.0. The Kier molecular flexibility index (Phi) is 5.56. The molecule has 4 nitrogen and oxygen atoms in total. The second-order valence-corrected chi connectivity index (χ2v) is 7.87. The minimum Gasteiger partial charge on any atom is -0.325 e. The fourth-order valence-corrected chi connectivity index (χ4v) is 3.95. The van der Waals surface area contributed by atoms with Crippen molar-refractivity contribution < 1.29 is 9.18 Å². The van der Waals surface area contributed by atoms with E-state index >= 15 is 0 Å². The van der Waals surface area contributed by atoms with Crippen molar-refractivity contribution in [2.75, 3.05) is 11.1 Å². The first-order valence-electron chi connectivity index (χ1n) is 8.93. The number of carbonyl (C=O) groups is 1. The van der Waals surface area contributed by atoms with Crippen molar-refractivity contribution in [1.82, 2.24) is 9.55 Å². The highest BCUT2D eigenvalue weighted by atomic mass is 35.5. The monoisotopic (exact) mass is 425 g/mol. The van der Waals surface area contributed by atoms with Crippen LogP contribution in [-0.4, -0.2) is 21.2 Å². The van der Waals surface area contributed by atoms with E-state index in [1.165, 1.54) is 35.5 Å². The Hall–Kier alpha value is -2.83. The number of carbonyl (C=O) groups excluding carboxylic acids is 1. The highest BCUT2D eigenvalue weighted by molar-refractivity contribution is 7.99. The van der Waals surface area contributed by atoms with Gasteiger partial charge in [0.1, 0.15) is 5.82 Å². The normalized spacial score (nSPS) is 11.0. The van der Waals surface area contributed by atoms with Crippen LogP contribution in [0.3, 0.4) is 0 Å². The lowest BCUT2D eigenvalue weighted by Crippen LogP contribution is -2.14. The quantitative estimate of drug-likeness (QED) is 0.407. The highest BCUT2D eigenvalue weighted by Gasteiger charge is 2.15. The predicted molar refractivity (Wildman–Crippen MR) is 117 cm³/mol. The molecule has 146 valence electrons. The van der Waals surface area contributed by atoms with Gasteiger partial charge in [-0.15, -0.1) is 0 Å². The van der Waals surface area contributed by atoms with Crippen LogP contribution in [0, 0.1) is 12.7 Å². The molecule has 1 amide bonds. The molecule has 0 bridgehead atoms. The molecule has 4 rings (SSSR count). The molecule has 0 saturated carbocycles. The van der Waals surface area contributed by atoms with Crippen molar-refractivity contribution in [3.8, 4) is 5.69 Å². The number of amides is 1. The van der Waals surface area contributed by atoms with Crippen molar-refractivity contribution in [3.05, 3.63) is 83.1 Å². The molecule has 3 aromatic carbocycles. The maximum absolute atomic E-state index is 13.3. The number of anilines is 1. The summed E-state index contributed by atoms with van der Waals surface area (Å²) in [5.74, 6) is -0.587. The lowest BCUT2D eigenvalue weighted by atomic mass is 10.2. The number of benzene rings is 3. The number of halogens is 2.